The van der Waals surface area contributed by atoms with E-state index in [1.807, 2.05) is 0 Å². The van der Waals surface area contributed by atoms with E-state index in [-0.39, 0.29) is 12.1 Å². The van der Waals surface area contributed by atoms with Crippen LogP contribution in [0.5, 0.6) is 0 Å². The second-order valence-corrected chi connectivity index (χ2v) is 2.86. The van der Waals surface area contributed by atoms with Crippen molar-refractivity contribution < 1.29 is 14.7 Å². The van der Waals surface area contributed by atoms with Crippen LogP contribution in [0.4, 0.5) is 0 Å². The van der Waals surface area contributed by atoms with E-state index in [9.17, 15) is 9.59 Å². The van der Waals surface area contributed by atoms with E-state index in [0.717, 1.165) is 0 Å². The monoisotopic (exact) mass is 209 g/mol. The number of amides is 1. The number of hydrogen-bond acceptors (Lipinski definition) is 3. The zero-order chi connectivity index (χ0) is 11.3. The molecule has 1 rings (SSSR count). The van der Waals surface area contributed by atoms with Crippen molar-refractivity contribution in [3.63, 3.8) is 0 Å². The molecule has 1 unspecified atom stereocenters. The first-order valence-electron chi connectivity index (χ1n) is 4.29. The highest BCUT2D eigenvalue weighted by Crippen LogP contribution is 1.97. The summed E-state index contributed by atoms with van der Waals surface area (Å²) in [5.41, 5.74) is 0.227. The molecule has 1 aromatic rings. The second-order valence-electron chi connectivity index (χ2n) is 2.86. The van der Waals surface area contributed by atoms with E-state index in [1.165, 1.54) is 18.3 Å². The number of carbonyl (C=O) groups is 2. The predicted molar refractivity (Wildman–Crippen MR) is 52.3 cm³/mol. The number of carboxylic acids is 1. The van der Waals surface area contributed by atoms with Crippen molar-refractivity contribution in [3.8, 4) is 0 Å². The maximum Gasteiger partial charge on any atom is 0.326 e. The van der Waals surface area contributed by atoms with E-state index < -0.39 is 17.9 Å². The van der Waals surface area contributed by atoms with Crippen molar-refractivity contribution in [3.05, 3.63) is 30.6 Å². The van der Waals surface area contributed by atoms with Crippen LogP contribution < -0.4 is 5.32 Å². The zero-order valence-electron chi connectivity index (χ0n) is 7.93. The molecular formula is C9H11N3O3. The largest absolute Gasteiger partial charge is 0.480 e. The number of aromatic amines is 1. The van der Waals surface area contributed by atoms with Gasteiger partial charge in [-0.2, -0.15) is 5.10 Å². The van der Waals surface area contributed by atoms with Crippen LogP contribution in [0.1, 0.15) is 16.9 Å². The lowest BCUT2D eigenvalue weighted by Gasteiger charge is -2.11. The van der Waals surface area contributed by atoms with Gasteiger partial charge in [-0.1, -0.05) is 6.08 Å². The first kappa shape index (κ1) is 11.0. The lowest BCUT2D eigenvalue weighted by atomic mass is 10.2. The first-order valence-corrected chi connectivity index (χ1v) is 4.29. The van der Waals surface area contributed by atoms with E-state index in [4.69, 9.17) is 5.11 Å². The Morgan fingerprint density at radius 1 is 1.73 bits per heavy atom. The normalized spacial score (nSPS) is 11.7. The van der Waals surface area contributed by atoms with Gasteiger partial charge >= 0.3 is 5.97 Å². The second kappa shape index (κ2) is 4.94. The minimum absolute atomic E-state index is 0.176. The van der Waals surface area contributed by atoms with Gasteiger partial charge < -0.3 is 10.4 Å². The van der Waals surface area contributed by atoms with Crippen LogP contribution in [0.25, 0.3) is 0 Å². The number of aliphatic carboxylic acids is 1. The van der Waals surface area contributed by atoms with Crippen molar-refractivity contribution >= 4 is 11.9 Å². The molecule has 6 heteroatoms. The molecule has 6 nitrogen and oxygen atoms in total. The number of carboxylic acid groups (broad SMARTS) is 1. The van der Waals surface area contributed by atoms with Crippen LogP contribution in [-0.2, 0) is 4.79 Å². The molecule has 1 amide bonds. The van der Waals surface area contributed by atoms with Crippen molar-refractivity contribution in [1.82, 2.24) is 15.5 Å². The Bertz CT molecular complexity index is 359. The molecular weight excluding hydrogens is 198 g/mol. The highest BCUT2D eigenvalue weighted by molar-refractivity contribution is 5.94. The zero-order valence-corrected chi connectivity index (χ0v) is 7.93. The fourth-order valence-corrected chi connectivity index (χ4v) is 1.01. The highest BCUT2D eigenvalue weighted by atomic mass is 16.4. The van der Waals surface area contributed by atoms with E-state index >= 15 is 0 Å². The Balaban J connectivity index is 2.62. The molecule has 1 aromatic heterocycles. The third kappa shape index (κ3) is 2.94. The molecule has 1 heterocycles. The van der Waals surface area contributed by atoms with Crippen LogP contribution in [0.2, 0.25) is 0 Å². The van der Waals surface area contributed by atoms with Crippen LogP contribution in [0.15, 0.2) is 24.9 Å². The van der Waals surface area contributed by atoms with E-state index in [0.29, 0.717) is 0 Å². The number of H-pyrrole nitrogens is 1. The number of carbonyl (C=O) groups excluding carboxylic acids is 1. The maximum atomic E-state index is 11.4. The fraction of sp³-hybridized carbons (Fsp3) is 0.222. The number of rotatable bonds is 5. The van der Waals surface area contributed by atoms with Gasteiger partial charge in [0.05, 0.1) is 0 Å². The Morgan fingerprint density at radius 2 is 2.47 bits per heavy atom. The van der Waals surface area contributed by atoms with Gasteiger partial charge in [-0.3, -0.25) is 9.89 Å². The Morgan fingerprint density at radius 3 is 2.93 bits per heavy atom. The fourth-order valence-electron chi connectivity index (χ4n) is 1.01. The average molecular weight is 209 g/mol. The van der Waals surface area contributed by atoms with Crippen molar-refractivity contribution in [1.29, 1.82) is 0 Å². The molecule has 1 atom stereocenters. The standard InChI is InChI=1S/C9H11N3O3/c1-2-3-7(9(14)15)11-8(13)6-4-5-10-12-6/h2,4-5,7H,1,3H2,(H,10,12)(H,11,13)(H,14,15). The summed E-state index contributed by atoms with van der Waals surface area (Å²) in [5, 5.41) is 17.1. The summed E-state index contributed by atoms with van der Waals surface area (Å²) in [6, 6.07) is 0.501. The lowest BCUT2D eigenvalue weighted by molar-refractivity contribution is -0.139. The third-order valence-electron chi connectivity index (χ3n) is 1.75. The van der Waals surface area contributed by atoms with Crippen molar-refractivity contribution in [2.24, 2.45) is 0 Å². The van der Waals surface area contributed by atoms with Gasteiger partial charge in [0.25, 0.3) is 5.91 Å². The summed E-state index contributed by atoms with van der Waals surface area (Å²) in [7, 11) is 0. The molecule has 80 valence electrons. The Hall–Kier alpha value is -2.11. The van der Waals surface area contributed by atoms with Gasteiger partial charge in [0, 0.05) is 6.20 Å². The third-order valence-corrected chi connectivity index (χ3v) is 1.75. The average Bonchev–Trinajstić information content (AvgIpc) is 2.69. The molecule has 0 aliphatic rings. The number of aromatic nitrogens is 2. The molecule has 0 aromatic carbocycles. The Labute approximate surface area is 86.0 Å². The minimum atomic E-state index is -1.09. The molecule has 0 spiro atoms. The Kier molecular flexibility index (Phi) is 3.61. The molecule has 0 bridgehead atoms. The summed E-state index contributed by atoms with van der Waals surface area (Å²) in [5.74, 6) is -1.59. The van der Waals surface area contributed by atoms with E-state index in [1.54, 1.807) is 0 Å². The smallest absolute Gasteiger partial charge is 0.326 e. The van der Waals surface area contributed by atoms with Crippen LogP contribution in [-0.4, -0.2) is 33.2 Å². The predicted octanol–water partition coefficient (Wildman–Crippen LogP) is 0.169. The number of nitrogens with zero attached hydrogens (tertiary/aromatic N) is 1. The maximum absolute atomic E-state index is 11.4. The van der Waals surface area contributed by atoms with Gasteiger partial charge in [-0.15, -0.1) is 6.58 Å². The topological polar surface area (TPSA) is 95.1 Å². The molecule has 15 heavy (non-hydrogen) atoms. The van der Waals surface area contributed by atoms with Crippen LogP contribution >= 0.6 is 0 Å². The van der Waals surface area contributed by atoms with Crippen LogP contribution in [0, 0.1) is 0 Å². The van der Waals surface area contributed by atoms with Gasteiger partial charge in [-0.05, 0) is 12.5 Å². The lowest BCUT2D eigenvalue weighted by Crippen LogP contribution is -2.40. The number of nitrogens with one attached hydrogen (secondary N) is 2. The van der Waals surface area contributed by atoms with Gasteiger partial charge in [0.15, 0.2) is 0 Å². The summed E-state index contributed by atoms with van der Waals surface area (Å²) in [6.45, 7) is 3.42. The molecule has 0 saturated carbocycles. The molecule has 0 fully saturated rings. The first-order chi connectivity index (χ1) is 7.15. The van der Waals surface area contributed by atoms with Crippen molar-refractivity contribution in [2.45, 2.75) is 12.5 Å². The molecule has 0 saturated heterocycles. The molecule has 0 aliphatic heterocycles. The van der Waals surface area contributed by atoms with Gasteiger partial charge in [0.2, 0.25) is 0 Å². The summed E-state index contributed by atoms with van der Waals surface area (Å²) in [4.78, 5) is 22.1. The summed E-state index contributed by atoms with van der Waals surface area (Å²) in [6.07, 6.45) is 3.03. The molecule has 0 aliphatic carbocycles. The quantitative estimate of drug-likeness (QED) is 0.602. The SMILES string of the molecule is C=CCC(NC(=O)c1ccn[nH]1)C(=O)O. The molecule has 0 radical (unpaired) electrons. The van der Waals surface area contributed by atoms with Gasteiger partial charge in [-0.25, -0.2) is 4.79 Å². The molecule has 3 N–H and O–H groups in total. The summed E-state index contributed by atoms with van der Waals surface area (Å²) < 4.78 is 0. The summed E-state index contributed by atoms with van der Waals surface area (Å²) >= 11 is 0. The minimum Gasteiger partial charge on any atom is -0.480 e. The van der Waals surface area contributed by atoms with E-state index in [2.05, 4.69) is 22.1 Å². The van der Waals surface area contributed by atoms with Crippen LogP contribution in [0.3, 0.4) is 0 Å². The highest BCUT2D eigenvalue weighted by Gasteiger charge is 2.19. The van der Waals surface area contributed by atoms with Gasteiger partial charge in [0.1, 0.15) is 11.7 Å². The van der Waals surface area contributed by atoms with Crippen molar-refractivity contribution in [2.75, 3.05) is 0 Å². The number of hydrogen-bond donors (Lipinski definition) is 3.